The number of imidazole rings is 1. The molecule has 0 aliphatic carbocycles. The van der Waals surface area contributed by atoms with Crippen molar-refractivity contribution < 1.29 is 4.79 Å². The van der Waals surface area contributed by atoms with Gasteiger partial charge < -0.3 is 9.47 Å². The van der Waals surface area contributed by atoms with E-state index in [2.05, 4.69) is 22.1 Å². The molecule has 1 unspecified atom stereocenters. The van der Waals surface area contributed by atoms with Crippen LogP contribution in [0.3, 0.4) is 0 Å². The zero-order valence-corrected chi connectivity index (χ0v) is 13.2. The monoisotopic (exact) mass is 311 g/mol. The number of aryl methyl sites for hydroxylation is 1. The number of benzene rings is 1. The molecule has 3 aromatic rings. The maximum absolute atomic E-state index is 12.3. The summed E-state index contributed by atoms with van der Waals surface area (Å²) >= 11 is 1.70. The molecule has 3 heterocycles. The minimum absolute atomic E-state index is 0.185. The number of amides is 1. The Morgan fingerprint density at radius 2 is 2.14 bits per heavy atom. The van der Waals surface area contributed by atoms with Crippen LogP contribution in [0.2, 0.25) is 0 Å². The van der Waals surface area contributed by atoms with Gasteiger partial charge in [-0.15, -0.1) is 11.3 Å². The second-order valence-corrected chi connectivity index (χ2v) is 6.80. The summed E-state index contributed by atoms with van der Waals surface area (Å²) in [6.07, 6.45) is 0.558. The molecule has 22 heavy (non-hydrogen) atoms. The molecule has 1 amide bonds. The molecule has 1 atom stereocenters. The quantitative estimate of drug-likeness (QED) is 0.745. The number of rotatable bonds is 3. The van der Waals surface area contributed by atoms with Crippen molar-refractivity contribution in [2.45, 2.75) is 18.9 Å². The summed E-state index contributed by atoms with van der Waals surface area (Å²) in [6, 6.07) is 12.2. The highest BCUT2D eigenvalue weighted by molar-refractivity contribution is 7.09. The Bertz CT molecular complexity index is 822. The summed E-state index contributed by atoms with van der Waals surface area (Å²) in [5.41, 5.74) is 2.13. The second-order valence-electron chi connectivity index (χ2n) is 5.77. The highest BCUT2D eigenvalue weighted by Crippen LogP contribution is 2.30. The lowest BCUT2D eigenvalue weighted by Crippen LogP contribution is -2.24. The minimum atomic E-state index is 0.185. The average Bonchev–Trinajstić information content (AvgIpc) is 3.22. The molecule has 1 aliphatic heterocycles. The molecular formula is C17H17N3OS. The number of nitrogens with zero attached hydrogens (tertiary/aromatic N) is 3. The Balaban J connectivity index is 1.60. The number of thiophene rings is 1. The lowest BCUT2D eigenvalue weighted by atomic mass is 10.1. The lowest BCUT2D eigenvalue weighted by Gasteiger charge is -2.15. The van der Waals surface area contributed by atoms with Crippen molar-refractivity contribution in [3.05, 3.63) is 52.5 Å². The van der Waals surface area contributed by atoms with Gasteiger partial charge in [-0.2, -0.15) is 0 Å². The van der Waals surface area contributed by atoms with E-state index < -0.39 is 0 Å². The number of para-hydroxylation sites is 2. The van der Waals surface area contributed by atoms with Gasteiger partial charge in [0.2, 0.25) is 5.91 Å². The molecule has 4 rings (SSSR count). The number of aromatic nitrogens is 2. The zero-order valence-electron chi connectivity index (χ0n) is 12.4. The van der Waals surface area contributed by atoms with Gasteiger partial charge in [0, 0.05) is 30.8 Å². The number of carbonyl (C=O) groups is 1. The fraction of sp³-hybridized carbons (Fsp3) is 0.294. The van der Waals surface area contributed by atoms with Crippen molar-refractivity contribution in [2.24, 2.45) is 7.05 Å². The number of hydrogen-bond acceptors (Lipinski definition) is 3. The Hall–Kier alpha value is -2.14. The van der Waals surface area contributed by atoms with E-state index in [0.717, 1.165) is 29.9 Å². The zero-order chi connectivity index (χ0) is 15.1. The first-order chi connectivity index (χ1) is 10.7. The molecule has 0 radical (unpaired) electrons. The maximum Gasteiger partial charge on any atom is 0.223 e. The molecule has 4 nitrogen and oxygen atoms in total. The van der Waals surface area contributed by atoms with Gasteiger partial charge in [-0.05, 0) is 23.6 Å². The molecule has 2 aromatic heterocycles. The second kappa shape index (κ2) is 5.25. The molecule has 0 spiro atoms. The molecule has 112 valence electrons. The van der Waals surface area contributed by atoms with Crippen LogP contribution in [0.25, 0.3) is 11.0 Å². The first-order valence-corrected chi connectivity index (χ1v) is 8.32. The third-order valence-electron chi connectivity index (χ3n) is 4.33. The van der Waals surface area contributed by atoms with E-state index in [0.29, 0.717) is 6.42 Å². The van der Waals surface area contributed by atoms with Crippen molar-refractivity contribution in [3.8, 4) is 0 Å². The van der Waals surface area contributed by atoms with Gasteiger partial charge in [0.05, 0.1) is 17.6 Å². The summed E-state index contributed by atoms with van der Waals surface area (Å²) in [7, 11) is 2.04. The van der Waals surface area contributed by atoms with Crippen LogP contribution in [0.4, 0.5) is 0 Å². The summed E-state index contributed by atoms with van der Waals surface area (Å²) < 4.78 is 2.13. The normalized spacial score (nSPS) is 18.5. The van der Waals surface area contributed by atoms with Gasteiger partial charge in [-0.1, -0.05) is 18.2 Å². The van der Waals surface area contributed by atoms with E-state index in [-0.39, 0.29) is 11.8 Å². The van der Waals surface area contributed by atoms with Crippen LogP contribution in [0.5, 0.6) is 0 Å². The Morgan fingerprint density at radius 3 is 2.91 bits per heavy atom. The van der Waals surface area contributed by atoms with Crippen molar-refractivity contribution in [2.75, 3.05) is 6.54 Å². The number of hydrogen-bond donors (Lipinski definition) is 0. The summed E-state index contributed by atoms with van der Waals surface area (Å²) in [5, 5.41) is 2.05. The first kappa shape index (κ1) is 13.5. The van der Waals surface area contributed by atoms with Crippen LogP contribution in [0, 0.1) is 0 Å². The maximum atomic E-state index is 12.3. The van der Waals surface area contributed by atoms with Crippen molar-refractivity contribution >= 4 is 28.3 Å². The van der Waals surface area contributed by atoms with Gasteiger partial charge in [-0.25, -0.2) is 4.98 Å². The molecule has 0 saturated carbocycles. The molecule has 0 bridgehead atoms. The van der Waals surface area contributed by atoms with E-state index in [9.17, 15) is 4.79 Å². The molecule has 0 N–H and O–H groups in total. The van der Waals surface area contributed by atoms with E-state index in [1.165, 1.54) is 4.88 Å². The molecule has 5 heteroatoms. The van der Waals surface area contributed by atoms with Crippen molar-refractivity contribution in [3.63, 3.8) is 0 Å². The highest BCUT2D eigenvalue weighted by atomic mass is 32.1. The molecular weight excluding hydrogens is 294 g/mol. The van der Waals surface area contributed by atoms with Gasteiger partial charge in [0.15, 0.2) is 0 Å². The Kier molecular flexibility index (Phi) is 3.22. The number of likely N-dealkylation sites (tertiary alicyclic amines) is 1. The van der Waals surface area contributed by atoms with Gasteiger partial charge in [0.1, 0.15) is 5.82 Å². The van der Waals surface area contributed by atoms with E-state index in [1.807, 2.05) is 36.2 Å². The fourth-order valence-corrected chi connectivity index (χ4v) is 3.94. The van der Waals surface area contributed by atoms with Crippen molar-refractivity contribution in [1.82, 2.24) is 14.5 Å². The molecule has 1 aromatic carbocycles. The third-order valence-corrected chi connectivity index (χ3v) is 5.19. The largest absolute Gasteiger partial charge is 0.337 e. The van der Waals surface area contributed by atoms with E-state index in [1.54, 1.807) is 11.3 Å². The predicted molar refractivity (Wildman–Crippen MR) is 87.8 cm³/mol. The predicted octanol–water partition coefficient (Wildman–Crippen LogP) is 3.15. The number of carbonyl (C=O) groups excluding carboxylic acids is 1. The molecule has 1 saturated heterocycles. The summed E-state index contributed by atoms with van der Waals surface area (Å²) in [5.74, 6) is 1.43. The topological polar surface area (TPSA) is 38.1 Å². The average molecular weight is 311 g/mol. The molecule has 1 aliphatic rings. The SMILES string of the molecule is Cn1c(C2CC(=O)N(Cc3cccs3)C2)nc2ccccc21. The number of fused-ring (bicyclic) bond motifs is 1. The van der Waals surface area contributed by atoms with Crippen LogP contribution in [-0.2, 0) is 18.4 Å². The highest BCUT2D eigenvalue weighted by Gasteiger charge is 2.33. The van der Waals surface area contributed by atoms with Gasteiger partial charge in [-0.3, -0.25) is 4.79 Å². The third kappa shape index (κ3) is 2.22. The van der Waals surface area contributed by atoms with Crippen LogP contribution in [-0.4, -0.2) is 26.9 Å². The molecule has 1 fully saturated rings. The Labute approximate surface area is 133 Å². The first-order valence-electron chi connectivity index (χ1n) is 7.44. The smallest absolute Gasteiger partial charge is 0.223 e. The van der Waals surface area contributed by atoms with E-state index in [4.69, 9.17) is 4.98 Å². The summed E-state index contributed by atoms with van der Waals surface area (Å²) in [4.78, 5) is 20.2. The fourth-order valence-electron chi connectivity index (χ4n) is 3.22. The van der Waals surface area contributed by atoms with Gasteiger partial charge in [0.25, 0.3) is 0 Å². The lowest BCUT2D eigenvalue weighted by molar-refractivity contribution is -0.128. The minimum Gasteiger partial charge on any atom is -0.337 e. The van der Waals surface area contributed by atoms with Crippen LogP contribution >= 0.6 is 11.3 Å². The van der Waals surface area contributed by atoms with Crippen LogP contribution in [0.1, 0.15) is 23.0 Å². The standard InChI is InChI=1S/C17H17N3OS/c1-19-15-7-3-2-6-14(15)18-17(19)12-9-16(21)20(10-12)11-13-5-4-8-22-13/h2-8,12H,9-11H2,1H3. The Morgan fingerprint density at radius 1 is 1.27 bits per heavy atom. The summed E-state index contributed by atoms with van der Waals surface area (Å²) in [6.45, 7) is 1.48. The van der Waals surface area contributed by atoms with Crippen LogP contribution in [0.15, 0.2) is 41.8 Å². The van der Waals surface area contributed by atoms with Gasteiger partial charge >= 0.3 is 0 Å². The van der Waals surface area contributed by atoms with E-state index >= 15 is 0 Å². The van der Waals surface area contributed by atoms with Crippen LogP contribution < -0.4 is 0 Å². The van der Waals surface area contributed by atoms with Crippen molar-refractivity contribution in [1.29, 1.82) is 0 Å².